The normalized spacial score (nSPS) is 12.1. The Morgan fingerprint density at radius 1 is 1.14 bits per heavy atom. The zero-order valence-corrected chi connectivity index (χ0v) is 17.6. The number of anilines is 1. The lowest BCUT2D eigenvalue weighted by atomic mass is 9.90. The molecule has 0 aliphatic carbocycles. The smallest absolute Gasteiger partial charge is 0.406 e. The number of hydrogen-bond donors (Lipinski definition) is 0. The van der Waals surface area contributed by atoms with Gasteiger partial charge in [-0.2, -0.15) is 0 Å². The Morgan fingerprint density at radius 3 is 2.21 bits per heavy atom. The second kappa shape index (κ2) is 8.72. The minimum absolute atomic E-state index is 0.0320. The van der Waals surface area contributed by atoms with Gasteiger partial charge in [0.2, 0.25) is 0 Å². The summed E-state index contributed by atoms with van der Waals surface area (Å²) in [6.45, 7) is 9.41. The van der Waals surface area contributed by atoms with E-state index in [-0.39, 0.29) is 11.5 Å². The fourth-order valence-corrected chi connectivity index (χ4v) is 3.41. The summed E-state index contributed by atoms with van der Waals surface area (Å²) in [7, 11) is 1.90. The van der Waals surface area contributed by atoms with Crippen LogP contribution in [-0.4, -0.2) is 19.2 Å². The minimum atomic E-state index is -4.73. The molecular weight excluding hydrogens is 379 g/mol. The fourth-order valence-electron chi connectivity index (χ4n) is 3.41. The zero-order valence-electron chi connectivity index (χ0n) is 17.6. The van der Waals surface area contributed by atoms with Crippen molar-refractivity contribution in [2.45, 2.75) is 47.4 Å². The summed E-state index contributed by atoms with van der Waals surface area (Å²) in [5.74, 6) is -0.301. The van der Waals surface area contributed by atoms with E-state index in [1.165, 1.54) is 12.1 Å². The summed E-state index contributed by atoms with van der Waals surface area (Å²) in [5.41, 5.74) is 5.92. The Kier molecular flexibility index (Phi) is 6.77. The van der Waals surface area contributed by atoms with Crippen LogP contribution in [0.4, 0.5) is 18.9 Å². The van der Waals surface area contributed by atoms with Gasteiger partial charge in [-0.1, -0.05) is 30.7 Å². The lowest BCUT2D eigenvalue weighted by molar-refractivity contribution is -0.274. The number of benzene rings is 2. The van der Waals surface area contributed by atoms with Gasteiger partial charge in [-0.25, -0.2) is 0 Å². The van der Waals surface area contributed by atoms with E-state index in [0.717, 1.165) is 39.9 Å². The molecule has 2 aromatic carbocycles. The summed E-state index contributed by atoms with van der Waals surface area (Å²) in [6.07, 6.45) is -1.84. The molecule has 0 aliphatic heterocycles. The largest absolute Gasteiger partial charge is 0.573 e. The van der Waals surface area contributed by atoms with Crippen LogP contribution in [0.1, 0.15) is 48.7 Å². The fraction of sp³-hybridized carbons (Fsp3) is 0.348. The standard InChI is InChI=1S/C23H26F3NO2/c1-7-14(2)13-27(6)22-16(4)20(12-15(3)21(22)17(5)28)18-8-10-19(11-9-18)29-23(24,25)26/h8-13H,7H2,1-6H3/b14-13+. The first kappa shape index (κ1) is 22.5. The molecule has 29 heavy (non-hydrogen) atoms. The number of allylic oxidation sites excluding steroid dienone is 1. The number of halogens is 3. The van der Waals surface area contributed by atoms with Gasteiger partial charge < -0.3 is 9.64 Å². The maximum Gasteiger partial charge on any atom is 0.573 e. The molecule has 0 aromatic heterocycles. The summed E-state index contributed by atoms with van der Waals surface area (Å²) in [4.78, 5) is 14.3. The molecule has 0 heterocycles. The lowest BCUT2D eigenvalue weighted by Gasteiger charge is -2.25. The molecule has 3 nitrogen and oxygen atoms in total. The zero-order chi connectivity index (χ0) is 21.9. The predicted molar refractivity (Wildman–Crippen MR) is 110 cm³/mol. The van der Waals surface area contributed by atoms with Crippen molar-refractivity contribution in [3.8, 4) is 16.9 Å². The average Bonchev–Trinajstić information content (AvgIpc) is 2.61. The Balaban J connectivity index is 2.61. The van der Waals surface area contributed by atoms with Crippen molar-refractivity contribution in [1.29, 1.82) is 0 Å². The molecule has 0 radical (unpaired) electrons. The molecule has 0 N–H and O–H groups in total. The van der Waals surface area contributed by atoms with Gasteiger partial charge in [0.25, 0.3) is 0 Å². The molecule has 0 amide bonds. The first-order chi connectivity index (χ1) is 13.4. The number of Topliss-reactive ketones (excluding diaryl/α,β-unsaturated/α-hetero) is 1. The topological polar surface area (TPSA) is 29.5 Å². The van der Waals surface area contributed by atoms with Gasteiger partial charge >= 0.3 is 6.36 Å². The predicted octanol–water partition coefficient (Wildman–Crippen LogP) is 6.82. The maximum atomic E-state index is 12.4. The van der Waals surface area contributed by atoms with E-state index in [2.05, 4.69) is 11.7 Å². The number of ketones is 1. The number of rotatable bonds is 6. The molecule has 6 heteroatoms. The summed E-state index contributed by atoms with van der Waals surface area (Å²) >= 11 is 0. The maximum absolute atomic E-state index is 12.4. The Bertz CT molecular complexity index is 929. The van der Waals surface area contributed by atoms with Crippen LogP contribution >= 0.6 is 0 Å². The van der Waals surface area contributed by atoms with Gasteiger partial charge in [0.05, 0.1) is 5.69 Å². The van der Waals surface area contributed by atoms with Gasteiger partial charge in [-0.3, -0.25) is 4.79 Å². The number of carbonyl (C=O) groups excluding carboxylic acids is 1. The molecule has 0 aliphatic rings. The van der Waals surface area contributed by atoms with Gasteiger partial charge in [-0.05, 0) is 68.5 Å². The van der Waals surface area contributed by atoms with E-state index in [0.29, 0.717) is 5.56 Å². The molecular formula is C23H26F3NO2. The van der Waals surface area contributed by atoms with Crippen molar-refractivity contribution < 1.29 is 22.7 Å². The van der Waals surface area contributed by atoms with Gasteiger partial charge in [0.1, 0.15) is 5.75 Å². The van der Waals surface area contributed by atoms with Crippen molar-refractivity contribution in [2.24, 2.45) is 0 Å². The Labute approximate surface area is 169 Å². The second-order valence-electron chi connectivity index (χ2n) is 7.16. The molecule has 0 bridgehead atoms. The molecule has 0 unspecified atom stereocenters. The molecule has 0 fully saturated rings. The number of ether oxygens (including phenoxy) is 1. The number of aryl methyl sites for hydroxylation is 1. The highest BCUT2D eigenvalue weighted by Gasteiger charge is 2.31. The summed E-state index contributed by atoms with van der Waals surface area (Å²) in [6, 6.07) is 7.67. The Hall–Kier alpha value is -2.76. The number of hydrogen-bond acceptors (Lipinski definition) is 3. The van der Waals surface area contributed by atoms with Crippen LogP contribution in [0.25, 0.3) is 11.1 Å². The van der Waals surface area contributed by atoms with E-state index in [4.69, 9.17) is 0 Å². The summed E-state index contributed by atoms with van der Waals surface area (Å²) < 4.78 is 41.2. The third kappa shape index (κ3) is 5.40. The average molecular weight is 405 g/mol. The minimum Gasteiger partial charge on any atom is -0.406 e. The van der Waals surface area contributed by atoms with Crippen molar-refractivity contribution in [1.82, 2.24) is 0 Å². The van der Waals surface area contributed by atoms with Crippen molar-refractivity contribution >= 4 is 11.5 Å². The van der Waals surface area contributed by atoms with E-state index in [1.54, 1.807) is 19.1 Å². The molecule has 2 aromatic rings. The third-order valence-electron chi connectivity index (χ3n) is 4.83. The van der Waals surface area contributed by atoms with Gasteiger partial charge in [0, 0.05) is 18.8 Å². The van der Waals surface area contributed by atoms with E-state index < -0.39 is 6.36 Å². The van der Waals surface area contributed by atoms with Crippen LogP contribution in [-0.2, 0) is 0 Å². The molecule has 2 rings (SSSR count). The van der Waals surface area contributed by atoms with Crippen molar-refractivity contribution in [3.05, 3.63) is 58.8 Å². The van der Waals surface area contributed by atoms with Crippen LogP contribution < -0.4 is 9.64 Å². The second-order valence-corrected chi connectivity index (χ2v) is 7.16. The van der Waals surface area contributed by atoms with Crippen LogP contribution in [0.2, 0.25) is 0 Å². The van der Waals surface area contributed by atoms with Gasteiger partial charge in [-0.15, -0.1) is 13.2 Å². The van der Waals surface area contributed by atoms with Crippen LogP contribution in [0.3, 0.4) is 0 Å². The first-order valence-corrected chi connectivity index (χ1v) is 9.36. The third-order valence-corrected chi connectivity index (χ3v) is 4.83. The highest BCUT2D eigenvalue weighted by Crippen LogP contribution is 2.37. The van der Waals surface area contributed by atoms with Crippen LogP contribution in [0.5, 0.6) is 5.75 Å². The number of alkyl halides is 3. The molecule has 0 saturated heterocycles. The van der Waals surface area contributed by atoms with E-state index >= 15 is 0 Å². The SMILES string of the molecule is CC/C(C)=C/N(C)c1c(C)c(-c2ccc(OC(F)(F)F)cc2)cc(C)c1C(C)=O. The molecule has 0 spiro atoms. The van der Waals surface area contributed by atoms with Crippen LogP contribution in [0, 0.1) is 13.8 Å². The molecule has 0 saturated carbocycles. The van der Waals surface area contributed by atoms with Crippen molar-refractivity contribution in [3.63, 3.8) is 0 Å². The lowest BCUT2D eigenvalue weighted by Crippen LogP contribution is -2.17. The van der Waals surface area contributed by atoms with Crippen LogP contribution in [0.15, 0.2) is 42.1 Å². The monoisotopic (exact) mass is 405 g/mol. The quantitative estimate of drug-likeness (QED) is 0.494. The Morgan fingerprint density at radius 2 is 1.72 bits per heavy atom. The highest BCUT2D eigenvalue weighted by atomic mass is 19.4. The van der Waals surface area contributed by atoms with Gasteiger partial charge in [0.15, 0.2) is 5.78 Å². The molecule has 0 atom stereocenters. The first-order valence-electron chi connectivity index (χ1n) is 9.36. The van der Waals surface area contributed by atoms with E-state index in [1.807, 2.05) is 45.0 Å². The van der Waals surface area contributed by atoms with Crippen molar-refractivity contribution in [2.75, 3.05) is 11.9 Å². The summed E-state index contributed by atoms with van der Waals surface area (Å²) in [5, 5.41) is 0. The number of nitrogens with zero attached hydrogens (tertiary/aromatic N) is 1. The highest BCUT2D eigenvalue weighted by molar-refractivity contribution is 6.03. The van der Waals surface area contributed by atoms with E-state index in [9.17, 15) is 18.0 Å². The molecule has 156 valence electrons. The number of carbonyl (C=O) groups is 1.